The van der Waals surface area contributed by atoms with Crippen molar-refractivity contribution in [2.45, 2.75) is 11.3 Å². The molecule has 1 aliphatic heterocycles. The number of methoxy groups -OCH3 is 1. The lowest BCUT2D eigenvalue weighted by Crippen LogP contribution is -2.29. The molecule has 162 valence electrons. The van der Waals surface area contributed by atoms with Crippen molar-refractivity contribution in [1.29, 1.82) is 0 Å². The van der Waals surface area contributed by atoms with E-state index in [9.17, 15) is 18.5 Å². The Balaban J connectivity index is 1.65. The fourth-order valence-corrected chi connectivity index (χ4v) is 4.58. The van der Waals surface area contributed by atoms with Crippen LogP contribution in [-0.2, 0) is 10.0 Å². The van der Waals surface area contributed by atoms with E-state index in [1.54, 1.807) is 7.11 Å². The Bertz CT molecular complexity index is 1300. The molecule has 2 heterocycles. The van der Waals surface area contributed by atoms with Gasteiger partial charge in [0.2, 0.25) is 10.0 Å². The van der Waals surface area contributed by atoms with E-state index in [4.69, 9.17) is 4.74 Å². The molecule has 0 fully saturated rings. The van der Waals surface area contributed by atoms with Crippen molar-refractivity contribution >= 4 is 37.9 Å². The van der Waals surface area contributed by atoms with Gasteiger partial charge in [-0.1, -0.05) is 6.08 Å². The van der Waals surface area contributed by atoms with Crippen LogP contribution in [0.3, 0.4) is 0 Å². The van der Waals surface area contributed by atoms with Gasteiger partial charge in [-0.2, -0.15) is 0 Å². The second kappa shape index (κ2) is 8.05. The molecule has 0 saturated heterocycles. The Morgan fingerprint density at radius 2 is 2.03 bits per heavy atom. The summed E-state index contributed by atoms with van der Waals surface area (Å²) >= 11 is 0. The summed E-state index contributed by atoms with van der Waals surface area (Å²) in [6.45, 7) is 1.05. The summed E-state index contributed by atoms with van der Waals surface area (Å²) in [4.78, 5) is 16.1. The minimum absolute atomic E-state index is 0.133. The van der Waals surface area contributed by atoms with Crippen molar-refractivity contribution in [3.8, 4) is 5.75 Å². The van der Waals surface area contributed by atoms with Crippen LogP contribution in [-0.4, -0.2) is 45.6 Å². The number of sulfonamides is 1. The first-order valence-corrected chi connectivity index (χ1v) is 11.1. The van der Waals surface area contributed by atoms with Crippen molar-refractivity contribution in [2.75, 3.05) is 32.1 Å². The maximum absolute atomic E-state index is 12.0. The highest BCUT2D eigenvalue weighted by Crippen LogP contribution is 2.35. The van der Waals surface area contributed by atoms with Crippen LogP contribution in [0.25, 0.3) is 16.5 Å². The lowest BCUT2D eigenvalue weighted by atomic mass is 9.98. The number of hydrogen-bond donors (Lipinski definition) is 2. The molecule has 31 heavy (non-hydrogen) atoms. The van der Waals surface area contributed by atoms with Crippen molar-refractivity contribution in [3.05, 3.63) is 64.3 Å². The number of nitro benzene ring substituents is 1. The number of anilines is 1. The van der Waals surface area contributed by atoms with E-state index in [0.29, 0.717) is 25.2 Å². The van der Waals surface area contributed by atoms with Crippen LogP contribution in [0.1, 0.15) is 12.0 Å². The van der Waals surface area contributed by atoms with Crippen molar-refractivity contribution in [1.82, 2.24) is 9.71 Å². The van der Waals surface area contributed by atoms with Gasteiger partial charge in [0.05, 0.1) is 16.9 Å². The molecule has 4 rings (SSSR count). The number of fused-ring (bicyclic) bond motifs is 1. The Morgan fingerprint density at radius 1 is 1.23 bits per heavy atom. The fraction of sp³-hybridized carbons (Fsp3) is 0.238. The summed E-state index contributed by atoms with van der Waals surface area (Å²) in [5.74, 6) is 0.777. The van der Waals surface area contributed by atoms with Crippen LogP contribution >= 0.6 is 0 Å². The van der Waals surface area contributed by atoms with Gasteiger partial charge >= 0.3 is 0 Å². The number of rotatable bonds is 6. The average molecular weight is 442 g/mol. The Hall–Kier alpha value is -3.37. The number of nitrogens with one attached hydrogen (secondary N) is 2. The second-order valence-electron chi connectivity index (χ2n) is 7.15. The largest absolute Gasteiger partial charge is 0.497 e. The van der Waals surface area contributed by atoms with E-state index in [1.807, 2.05) is 35.4 Å². The molecule has 1 aliphatic rings. The third-order valence-electron chi connectivity index (χ3n) is 5.51. The third kappa shape index (κ3) is 3.87. The zero-order valence-electron chi connectivity index (χ0n) is 17.1. The highest BCUT2D eigenvalue weighted by atomic mass is 32.2. The first-order valence-electron chi connectivity index (χ1n) is 9.65. The number of nitrogens with zero attached hydrogens (tertiary/aromatic N) is 2. The summed E-state index contributed by atoms with van der Waals surface area (Å²) < 4.78 is 31.6. The maximum Gasteiger partial charge on any atom is 0.293 e. The van der Waals surface area contributed by atoms with Gasteiger partial charge in [-0.15, -0.1) is 0 Å². The first kappa shape index (κ1) is 20.9. The number of nitro groups is 1. The van der Waals surface area contributed by atoms with Crippen LogP contribution in [0, 0.1) is 10.1 Å². The first-order chi connectivity index (χ1) is 14.8. The fourth-order valence-electron chi connectivity index (χ4n) is 3.83. The second-order valence-corrected chi connectivity index (χ2v) is 9.04. The zero-order chi connectivity index (χ0) is 22.2. The SMILES string of the molecule is CNS(=O)(=O)c1ccc(N2CC=C(c3c[nH]c4ccc(OC)cc34)CC2)c([N+](=O)[O-])c1. The molecule has 0 amide bonds. The smallest absolute Gasteiger partial charge is 0.293 e. The van der Waals surface area contributed by atoms with E-state index in [-0.39, 0.29) is 10.6 Å². The molecule has 2 N–H and O–H groups in total. The number of benzene rings is 2. The van der Waals surface area contributed by atoms with Crippen LogP contribution in [0.4, 0.5) is 11.4 Å². The predicted octanol–water partition coefficient (Wildman–Crippen LogP) is 3.29. The highest BCUT2D eigenvalue weighted by Gasteiger charge is 2.25. The van der Waals surface area contributed by atoms with Crippen molar-refractivity contribution in [2.24, 2.45) is 0 Å². The van der Waals surface area contributed by atoms with Crippen LogP contribution in [0.5, 0.6) is 5.75 Å². The zero-order valence-corrected chi connectivity index (χ0v) is 17.9. The van der Waals surface area contributed by atoms with Gasteiger partial charge in [0.25, 0.3) is 5.69 Å². The summed E-state index contributed by atoms with van der Waals surface area (Å²) in [6, 6.07) is 9.84. The van der Waals surface area contributed by atoms with Gasteiger partial charge in [-0.05, 0) is 49.4 Å². The molecule has 0 saturated carbocycles. The number of aromatic amines is 1. The molecular formula is C21H22N4O5S. The standard InChI is InChI=1S/C21H22N4O5S/c1-22-31(28,29)16-4-6-20(21(12-16)25(26)27)24-9-7-14(8-10-24)18-13-23-19-5-3-15(30-2)11-17(18)19/h3-7,11-13,22-23H,8-10H2,1-2H3. The maximum atomic E-state index is 12.0. The van der Waals surface area contributed by atoms with E-state index in [2.05, 4.69) is 9.71 Å². The molecule has 0 unspecified atom stereocenters. The van der Waals surface area contributed by atoms with Gasteiger partial charge in [0, 0.05) is 41.8 Å². The third-order valence-corrected chi connectivity index (χ3v) is 6.92. The van der Waals surface area contributed by atoms with E-state index >= 15 is 0 Å². The van der Waals surface area contributed by atoms with Crippen molar-refractivity contribution in [3.63, 3.8) is 0 Å². The minimum Gasteiger partial charge on any atom is -0.497 e. The minimum atomic E-state index is -3.77. The monoisotopic (exact) mass is 442 g/mol. The Kier molecular flexibility index (Phi) is 5.42. The summed E-state index contributed by atoms with van der Waals surface area (Å²) in [5.41, 5.74) is 3.41. The average Bonchev–Trinajstić information content (AvgIpc) is 3.21. The lowest BCUT2D eigenvalue weighted by molar-refractivity contribution is -0.384. The molecule has 0 spiro atoms. The van der Waals surface area contributed by atoms with Gasteiger partial charge in [-0.3, -0.25) is 10.1 Å². The van der Waals surface area contributed by atoms with E-state index < -0.39 is 14.9 Å². The molecule has 1 aromatic heterocycles. The van der Waals surface area contributed by atoms with Gasteiger partial charge in [0.1, 0.15) is 11.4 Å². The predicted molar refractivity (Wildman–Crippen MR) is 119 cm³/mol. The number of ether oxygens (including phenoxy) is 1. The summed E-state index contributed by atoms with van der Waals surface area (Å²) in [6.07, 6.45) is 4.71. The topological polar surface area (TPSA) is 118 Å². The lowest BCUT2D eigenvalue weighted by Gasteiger charge is -2.28. The molecule has 10 heteroatoms. The normalized spacial score (nSPS) is 14.5. The quantitative estimate of drug-likeness (QED) is 0.447. The van der Waals surface area contributed by atoms with E-state index in [1.165, 1.54) is 19.2 Å². The highest BCUT2D eigenvalue weighted by molar-refractivity contribution is 7.89. The van der Waals surface area contributed by atoms with Gasteiger partial charge in [0.15, 0.2) is 0 Å². The molecule has 0 aliphatic carbocycles. The van der Waals surface area contributed by atoms with Gasteiger partial charge in [-0.25, -0.2) is 13.1 Å². The molecule has 3 aromatic rings. The molecule has 0 bridgehead atoms. The molecule has 9 nitrogen and oxygen atoms in total. The Morgan fingerprint density at radius 3 is 2.68 bits per heavy atom. The number of aromatic nitrogens is 1. The van der Waals surface area contributed by atoms with Crippen LogP contribution < -0.4 is 14.4 Å². The van der Waals surface area contributed by atoms with Crippen LogP contribution in [0.2, 0.25) is 0 Å². The summed E-state index contributed by atoms with van der Waals surface area (Å²) in [7, 11) is -0.865. The molecule has 2 aromatic carbocycles. The Labute approximate surface area is 179 Å². The number of H-pyrrole nitrogens is 1. The molecular weight excluding hydrogens is 420 g/mol. The van der Waals surface area contributed by atoms with Crippen LogP contribution in [0.15, 0.2) is 53.6 Å². The van der Waals surface area contributed by atoms with Gasteiger partial charge < -0.3 is 14.6 Å². The molecule has 0 atom stereocenters. The molecule has 0 radical (unpaired) electrons. The van der Waals surface area contributed by atoms with Crippen molar-refractivity contribution < 1.29 is 18.1 Å². The van der Waals surface area contributed by atoms with E-state index in [0.717, 1.165) is 33.9 Å². The number of hydrogen-bond acceptors (Lipinski definition) is 6. The summed E-state index contributed by atoms with van der Waals surface area (Å²) in [5, 5.41) is 12.7.